The number of hydrogen-bond donors (Lipinski definition) is 0. The molecule has 136 valence electrons. The third-order valence-corrected chi connectivity index (χ3v) is 4.65. The molecule has 0 saturated carbocycles. The molecule has 0 atom stereocenters. The number of ether oxygens (including phenoxy) is 3. The van der Waals surface area contributed by atoms with Crippen molar-refractivity contribution >= 4 is 11.9 Å². The largest absolute Gasteiger partial charge is 0.496 e. The Morgan fingerprint density at radius 1 is 1.19 bits per heavy atom. The van der Waals surface area contributed by atoms with E-state index in [-0.39, 0.29) is 0 Å². The van der Waals surface area contributed by atoms with Gasteiger partial charge in [0, 0.05) is 22.8 Å². The van der Waals surface area contributed by atoms with Crippen LogP contribution in [0.3, 0.4) is 0 Å². The highest BCUT2D eigenvalue weighted by Crippen LogP contribution is 2.35. The standard InChI is InChI=1S/C22H24O4/c1-4-5-16-6-7-17(21(10-16)24-3)13-25-19-8-9-20-15(2)18(12-23)14-26-22(20)11-19/h6-12H,4-5,13-14H2,1-3H3. The number of methoxy groups -OCH3 is 1. The molecular weight excluding hydrogens is 328 g/mol. The number of fused-ring (bicyclic) bond motifs is 1. The Bertz CT molecular complexity index is 836. The Hall–Kier alpha value is -2.75. The van der Waals surface area contributed by atoms with E-state index in [0.29, 0.717) is 18.8 Å². The quantitative estimate of drug-likeness (QED) is 0.684. The van der Waals surface area contributed by atoms with Crippen molar-refractivity contribution in [3.05, 3.63) is 58.7 Å². The zero-order valence-corrected chi connectivity index (χ0v) is 15.5. The molecule has 1 heterocycles. The molecule has 0 unspecified atom stereocenters. The van der Waals surface area contributed by atoms with Crippen LogP contribution in [0.5, 0.6) is 17.2 Å². The number of allylic oxidation sites excluding steroid dienone is 1. The molecule has 0 bridgehead atoms. The van der Waals surface area contributed by atoms with Gasteiger partial charge in [-0.05, 0) is 42.7 Å². The fourth-order valence-electron chi connectivity index (χ4n) is 3.09. The molecule has 0 aliphatic carbocycles. The van der Waals surface area contributed by atoms with E-state index in [1.54, 1.807) is 7.11 Å². The van der Waals surface area contributed by atoms with Crippen LogP contribution < -0.4 is 14.2 Å². The maximum Gasteiger partial charge on any atom is 0.149 e. The van der Waals surface area contributed by atoms with Crippen LogP contribution in [0.2, 0.25) is 0 Å². The number of aldehydes is 1. The average Bonchev–Trinajstić information content (AvgIpc) is 2.67. The summed E-state index contributed by atoms with van der Waals surface area (Å²) >= 11 is 0. The minimum atomic E-state index is 0.304. The lowest BCUT2D eigenvalue weighted by molar-refractivity contribution is -0.105. The second-order valence-electron chi connectivity index (χ2n) is 6.40. The minimum Gasteiger partial charge on any atom is -0.496 e. The molecule has 0 amide bonds. The van der Waals surface area contributed by atoms with Crippen molar-refractivity contribution in [2.45, 2.75) is 33.3 Å². The maximum atomic E-state index is 11.1. The molecule has 0 aromatic heterocycles. The monoisotopic (exact) mass is 352 g/mol. The van der Waals surface area contributed by atoms with Gasteiger partial charge < -0.3 is 14.2 Å². The second-order valence-corrected chi connectivity index (χ2v) is 6.40. The molecule has 0 spiro atoms. The molecule has 3 rings (SSSR count). The van der Waals surface area contributed by atoms with Crippen molar-refractivity contribution in [3.8, 4) is 17.2 Å². The average molecular weight is 352 g/mol. The highest BCUT2D eigenvalue weighted by molar-refractivity contribution is 5.90. The lowest BCUT2D eigenvalue weighted by atomic mass is 9.99. The molecule has 4 heteroatoms. The van der Waals surface area contributed by atoms with Gasteiger partial charge in [-0.2, -0.15) is 0 Å². The molecular formula is C22H24O4. The van der Waals surface area contributed by atoms with Gasteiger partial charge in [-0.1, -0.05) is 25.5 Å². The SMILES string of the molecule is CCCc1ccc(COc2ccc3c(c2)OCC(C=O)=C3C)c(OC)c1. The predicted molar refractivity (Wildman–Crippen MR) is 102 cm³/mol. The molecule has 1 aliphatic heterocycles. The smallest absolute Gasteiger partial charge is 0.149 e. The molecule has 0 N–H and O–H groups in total. The molecule has 2 aromatic carbocycles. The van der Waals surface area contributed by atoms with Crippen molar-refractivity contribution < 1.29 is 19.0 Å². The van der Waals surface area contributed by atoms with Crippen LogP contribution in [-0.2, 0) is 17.8 Å². The van der Waals surface area contributed by atoms with E-state index in [4.69, 9.17) is 14.2 Å². The summed E-state index contributed by atoms with van der Waals surface area (Å²) in [5, 5.41) is 0. The molecule has 0 radical (unpaired) electrons. The fourth-order valence-corrected chi connectivity index (χ4v) is 3.09. The van der Waals surface area contributed by atoms with E-state index >= 15 is 0 Å². The van der Waals surface area contributed by atoms with Gasteiger partial charge in [0.15, 0.2) is 0 Å². The van der Waals surface area contributed by atoms with Gasteiger partial charge in [0.1, 0.15) is 36.7 Å². The number of hydrogen-bond acceptors (Lipinski definition) is 4. The summed E-state index contributed by atoms with van der Waals surface area (Å²) in [4.78, 5) is 11.1. The van der Waals surface area contributed by atoms with Gasteiger partial charge in [-0.15, -0.1) is 0 Å². The van der Waals surface area contributed by atoms with Gasteiger partial charge in [-0.25, -0.2) is 0 Å². The molecule has 0 saturated heterocycles. The number of carbonyl (C=O) groups is 1. The number of aryl methyl sites for hydroxylation is 1. The Morgan fingerprint density at radius 3 is 2.77 bits per heavy atom. The Morgan fingerprint density at radius 2 is 2.04 bits per heavy atom. The van der Waals surface area contributed by atoms with Crippen molar-refractivity contribution in [3.63, 3.8) is 0 Å². The summed E-state index contributed by atoms with van der Waals surface area (Å²) in [5.41, 5.74) is 4.85. The summed E-state index contributed by atoms with van der Waals surface area (Å²) in [5.74, 6) is 2.32. The van der Waals surface area contributed by atoms with E-state index < -0.39 is 0 Å². The third kappa shape index (κ3) is 3.74. The lowest BCUT2D eigenvalue weighted by Gasteiger charge is -2.20. The highest BCUT2D eigenvalue weighted by Gasteiger charge is 2.17. The van der Waals surface area contributed by atoms with Crippen molar-refractivity contribution in [1.82, 2.24) is 0 Å². The van der Waals surface area contributed by atoms with E-state index in [1.165, 1.54) is 5.56 Å². The van der Waals surface area contributed by atoms with Crippen molar-refractivity contribution in [2.24, 2.45) is 0 Å². The van der Waals surface area contributed by atoms with Crippen LogP contribution in [0.1, 0.15) is 37.0 Å². The van der Waals surface area contributed by atoms with E-state index in [0.717, 1.165) is 53.1 Å². The van der Waals surface area contributed by atoms with E-state index in [2.05, 4.69) is 25.1 Å². The first kappa shape index (κ1) is 18.1. The van der Waals surface area contributed by atoms with E-state index in [9.17, 15) is 4.79 Å². The Balaban J connectivity index is 1.75. The molecule has 0 fully saturated rings. The zero-order chi connectivity index (χ0) is 18.5. The number of rotatable bonds is 7. The van der Waals surface area contributed by atoms with Crippen LogP contribution in [0.15, 0.2) is 42.0 Å². The molecule has 1 aliphatic rings. The minimum absolute atomic E-state index is 0.304. The first-order chi connectivity index (χ1) is 12.7. The first-order valence-electron chi connectivity index (χ1n) is 8.87. The topological polar surface area (TPSA) is 44.8 Å². The van der Waals surface area contributed by atoms with E-state index in [1.807, 2.05) is 25.1 Å². The summed E-state index contributed by atoms with van der Waals surface area (Å²) < 4.78 is 17.1. The third-order valence-electron chi connectivity index (χ3n) is 4.65. The van der Waals surface area contributed by atoms with Crippen molar-refractivity contribution in [2.75, 3.05) is 13.7 Å². The second kappa shape index (κ2) is 8.09. The van der Waals surface area contributed by atoms with Crippen LogP contribution in [-0.4, -0.2) is 20.0 Å². The fraction of sp³-hybridized carbons (Fsp3) is 0.318. The summed E-state index contributed by atoms with van der Waals surface area (Å²) in [6, 6.07) is 12.0. The van der Waals surface area contributed by atoms with Crippen LogP contribution >= 0.6 is 0 Å². The van der Waals surface area contributed by atoms with Gasteiger partial charge in [-0.3, -0.25) is 4.79 Å². The van der Waals surface area contributed by atoms with Gasteiger partial charge in [0.2, 0.25) is 0 Å². The molecule has 26 heavy (non-hydrogen) atoms. The van der Waals surface area contributed by atoms with Crippen molar-refractivity contribution in [1.29, 1.82) is 0 Å². The normalized spacial score (nSPS) is 13.0. The van der Waals surface area contributed by atoms with Gasteiger partial charge in [0.25, 0.3) is 0 Å². The zero-order valence-electron chi connectivity index (χ0n) is 15.5. The van der Waals surface area contributed by atoms with Crippen LogP contribution in [0.25, 0.3) is 5.57 Å². The number of carbonyl (C=O) groups excluding carboxylic acids is 1. The predicted octanol–water partition coefficient (Wildman–Crippen LogP) is 4.59. The number of benzene rings is 2. The highest BCUT2D eigenvalue weighted by atomic mass is 16.5. The summed E-state index contributed by atoms with van der Waals surface area (Å²) in [6.07, 6.45) is 3.00. The maximum absolute atomic E-state index is 11.1. The summed E-state index contributed by atoms with van der Waals surface area (Å²) in [7, 11) is 1.68. The first-order valence-corrected chi connectivity index (χ1v) is 8.87. The Kier molecular flexibility index (Phi) is 5.61. The van der Waals surface area contributed by atoms with Gasteiger partial charge >= 0.3 is 0 Å². The van der Waals surface area contributed by atoms with Crippen LogP contribution in [0, 0.1) is 0 Å². The Labute approximate surface area is 154 Å². The summed E-state index contributed by atoms with van der Waals surface area (Å²) in [6.45, 7) is 4.83. The lowest BCUT2D eigenvalue weighted by Crippen LogP contribution is -2.11. The van der Waals surface area contributed by atoms with Gasteiger partial charge in [0.05, 0.1) is 7.11 Å². The molecule has 2 aromatic rings. The van der Waals surface area contributed by atoms with Crippen LogP contribution in [0.4, 0.5) is 0 Å². The molecule has 4 nitrogen and oxygen atoms in total.